The van der Waals surface area contributed by atoms with Crippen molar-refractivity contribution in [3.05, 3.63) is 36.4 Å². The third-order valence-corrected chi connectivity index (χ3v) is 3.56. The second-order valence-electron chi connectivity index (χ2n) is 5.59. The largest absolute Gasteiger partial charge is 0.481 e. The van der Waals surface area contributed by atoms with Gasteiger partial charge < -0.3 is 20.5 Å². The molecule has 0 spiro atoms. The highest BCUT2D eigenvalue weighted by Gasteiger charge is 2.11. The van der Waals surface area contributed by atoms with Crippen molar-refractivity contribution in [1.29, 1.82) is 0 Å². The van der Waals surface area contributed by atoms with E-state index in [-0.39, 0.29) is 31.0 Å². The van der Waals surface area contributed by atoms with Gasteiger partial charge in [-0.3, -0.25) is 4.79 Å². The standard InChI is InChI=1S/C18H22N2O4.ClH/c1-12(19)7-10-17(21)20-15-8-9-16(24-11-18(22)23-2)14-6-4-3-5-13(14)15;/h3-6,8-9,12H,7,10-11,19H2,1-2H3,(H,20,21);1H. The first-order valence-corrected chi connectivity index (χ1v) is 7.78. The van der Waals surface area contributed by atoms with Crippen LogP contribution in [0.3, 0.4) is 0 Å². The molecule has 0 saturated carbocycles. The van der Waals surface area contributed by atoms with Crippen molar-refractivity contribution in [2.24, 2.45) is 5.73 Å². The number of carbonyl (C=O) groups is 2. The molecule has 0 aliphatic rings. The minimum Gasteiger partial charge on any atom is -0.481 e. The first-order valence-electron chi connectivity index (χ1n) is 7.78. The number of esters is 1. The molecular weight excluding hydrogens is 344 g/mol. The predicted molar refractivity (Wildman–Crippen MR) is 100 cm³/mol. The normalized spacial score (nSPS) is 11.3. The van der Waals surface area contributed by atoms with Crippen molar-refractivity contribution in [2.75, 3.05) is 19.0 Å². The van der Waals surface area contributed by atoms with Crippen molar-refractivity contribution < 1.29 is 19.1 Å². The van der Waals surface area contributed by atoms with E-state index in [1.54, 1.807) is 12.1 Å². The summed E-state index contributed by atoms with van der Waals surface area (Å²) in [5.74, 6) is 0.0256. The van der Waals surface area contributed by atoms with Gasteiger partial charge in [-0.05, 0) is 25.5 Å². The molecule has 0 bridgehead atoms. The van der Waals surface area contributed by atoms with Crippen LogP contribution in [0.2, 0.25) is 0 Å². The zero-order valence-corrected chi connectivity index (χ0v) is 15.1. The molecular formula is C18H23ClN2O4. The molecule has 0 radical (unpaired) electrons. The van der Waals surface area contributed by atoms with Crippen molar-refractivity contribution in [2.45, 2.75) is 25.8 Å². The maximum Gasteiger partial charge on any atom is 0.343 e. The summed E-state index contributed by atoms with van der Waals surface area (Å²) < 4.78 is 10.1. The molecule has 0 saturated heterocycles. The van der Waals surface area contributed by atoms with Gasteiger partial charge in [0, 0.05) is 28.9 Å². The third kappa shape index (κ3) is 5.92. The highest BCUT2D eigenvalue weighted by Crippen LogP contribution is 2.31. The van der Waals surface area contributed by atoms with Gasteiger partial charge in [-0.15, -0.1) is 12.4 Å². The Kier molecular flexibility index (Phi) is 8.18. The summed E-state index contributed by atoms with van der Waals surface area (Å²) in [6, 6.07) is 11.0. The van der Waals surface area contributed by atoms with Gasteiger partial charge in [-0.2, -0.15) is 0 Å². The maximum absolute atomic E-state index is 12.0. The van der Waals surface area contributed by atoms with Gasteiger partial charge in [-0.1, -0.05) is 24.3 Å². The summed E-state index contributed by atoms with van der Waals surface area (Å²) in [6.07, 6.45) is 0.997. The van der Waals surface area contributed by atoms with Crippen LogP contribution in [0.1, 0.15) is 19.8 Å². The number of methoxy groups -OCH3 is 1. The highest BCUT2D eigenvalue weighted by molar-refractivity contribution is 6.04. The summed E-state index contributed by atoms with van der Waals surface area (Å²) in [5.41, 5.74) is 6.38. The molecule has 1 atom stereocenters. The number of nitrogens with two attached hydrogens (primary N) is 1. The molecule has 0 fully saturated rings. The topological polar surface area (TPSA) is 90.6 Å². The zero-order chi connectivity index (χ0) is 17.5. The van der Waals surface area contributed by atoms with Crippen LogP contribution in [0.5, 0.6) is 5.75 Å². The van der Waals surface area contributed by atoms with Gasteiger partial charge in [0.15, 0.2) is 6.61 Å². The highest BCUT2D eigenvalue weighted by atomic mass is 35.5. The lowest BCUT2D eigenvalue weighted by atomic mass is 10.1. The zero-order valence-electron chi connectivity index (χ0n) is 14.3. The number of anilines is 1. The lowest BCUT2D eigenvalue weighted by Crippen LogP contribution is -2.19. The SMILES string of the molecule is COC(=O)COc1ccc(NC(=O)CCC(C)N)c2ccccc12.Cl. The number of fused-ring (bicyclic) bond motifs is 1. The van der Waals surface area contributed by atoms with E-state index in [1.165, 1.54) is 7.11 Å². The molecule has 25 heavy (non-hydrogen) atoms. The lowest BCUT2D eigenvalue weighted by molar-refractivity contribution is -0.142. The van der Waals surface area contributed by atoms with Crippen LogP contribution < -0.4 is 15.8 Å². The van der Waals surface area contributed by atoms with Crippen LogP contribution >= 0.6 is 12.4 Å². The monoisotopic (exact) mass is 366 g/mol. The average molecular weight is 367 g/mol. The number of halogens is 1. The lowest BCUT2D eigenvalue weighted by Gasteiger charge is -2.13. The van der Waals surface area contributed by atoms with Crippen LogP contribution in [0.15, 0.2) is 36.4 Å². The number of hydrogen-bond donors (Lipinski definition) is 2. The molecule has 7 heteroatoms. The van der Waals surface area contributed by atoms with E-state index in [0.717, 1.165) is 10.8 Å². The Morgan fingerprint density at radius 3 is 2.48 bits per heavy atom. The van der Waals surface area contributed by atoms with Gasteiger partial charge >= 0.3 is 5.97 Å². The van der Waals surface area contributed by atoms with E-state index in [9.17, 15) is 9.59 Å². The Morgan fingerprint density at radius 2 is 1.84 bits per heavy atom. The number of hydrogen-bond acceptors (Lipinski definition) is 5. The van der Waals surface area contributed by atoms with Gasteiger partial charge in [0.2, 0.25) is 5.91 Å². The van der Waals surface area contributed by atoms with E-state index in [0.29, 0.717) is 24.3 Å². The second kappa shape index (κ2) is 9.86. The number of carbonyl (C=O) groups excluding carboxylic acids is 2. The molecule has 2 aromatic carbocycles. The number of rotatable bonds is 7. The Morgan fingerprint density at radius 1 is 1.16 bits per heavy atom. The van der Waals surface area contributed by atoms with Crippen LogP contribution in [-0.4, -0.2) is 31.6 Å². The van der Waals surface area contributed by atoms with Crippen molar-refractivity contribution >= 4 is 40.7 Å². The molecule has 136 valence electrons. The Labute approximate surface area is 153 Å². The second-order valence-corrected chi connectivity index (χ2v) is 5.59. The molecule has 6 nitrogen and oxygen atoms in total. The van der Waals surface area contributed by atoms with E-state index in [2.05, 4.69) is 10.1 Å². The fourth-order valence-electron chi connectivity index (χ4n) is 2.27. The summed E-state index contributed by atoms with van der Waals surface area (Å²) in [7, 11) is 1.31. The summed E-state index contributed by atoms with van der Waals surface area (Å²) >= 11 is 0. The minimum atomic E-state index is -0.452. The Bertz CT molecular complexity index is 734. The van der Waals surface area contributed by atoms with Gasteiger partial charge in [0.05, 0.1) is 7.11 Å². The molecule has 2 aromatic rings. The molecule has 0 aliphatic heterocycles. The first kappa shape index (κ1) is 20.7. The van der Waals surface area contributed by atoms with Crippen molar-refractivity contribution in [1.82, 2.24) is 0 Å². The molecule has 1 unspecified atom stereocenters. The number of nitrogens with one attached hydrogen (secondary N) is 1. The molecule has 2 rings (SSSR count). The summed E-state index contributed by atoms with van der Waals surface area (Å²) in [6.45, 7) is 1.71. The molecule has 0 heterocycles. The fraction of sp³-hybridized carbons (Fsp3) is 0.333. The number of ether oxygens (including phenoxy) is 2. The van der Waals surface area contributed by atoms with Gasteiger partial charge in [0.1, 0.15) is 5.75 Å². The van der Waals surface area contributed by atoms with Gasteiger partial charge in [-0.25, -0.2) is 4.79 Å². The van der Waals surface area contributed by atoms with E-state index in [4.69, 9.17) is 10.5 Å². The third-order valence-electron chi connectivity index (χ3n) is 3.56. The number of amides is 1. The van der Waals surface area contributed by atoms with E-state index in [1.807, 2.05) is 31.2 Å². The van der Waals surface area contributed by atoms with Gasteiger partial charge in [0.25, 0.3) is 0 Å². The average Bonchev–Trinajstić information content (AvgIpc) is 2.59. The Hall–Kier alpha value is -2.31. The van der Waals surface area contributed by atoms with Crippen LogP contribution in [0.4, 0.5) is 5.69 Å². The van der Waals surface area contributed by atoms with Crippen molar-refractivity contribution in [3.8, 4) is 5.75 Å². The Balaban J connectivity index is 0.00000312. The maximum atomic E-state index is 12.0. The smallest absolute Gasteiger partial charge is 0.343 e. The molecule has 0 aromatic heterocycles. The molecule has 3 N–H and O–H groups in total. The molecule has 1 amide bonds. The molecule has 0 aliphatic carbocycles. The summed E-state index contributed by atoms with van der Waals surface area (Å²) in [5, 5.41) is 4.56. The summed E-state index contributed by atoms with van der Waals surface area (Å²) in [4.78, 5) is 23.3. The minimum absolute atomic E-state index is 0. The predicted octanol–water partition coefficient (Wildman–Crippen LogP) is 2.88. The first-order chi connectivity index (χ1) is 11.5. The quantitative estimate of drug-likeness (QED) is 0.735. The van der Waals surface area contributed by atoms with Crippen LogP contribution in [0, 0.1) is 0 Å². The van der Waals surface area contributed by atoms with Crippen LogP contribution in [0.25, 0.3) is 10.8 Å². The number of benzene rings is 2. The van der Waals surface area contributed by atoms with Crippen molar-refractivity contribution in [3.63, 3.8) is 0 Å². The fourth-order valence-corrected chi connectivity index (χ4v) is 2.27. The van der Waals surface area contributed by atoms with E-state index < -0.39 is 5.97 Å². The van der Waals surface area contributed by atoms with Crippen LogP contribution in [-0.2, 0) is 14.3 Å². The van der Waals surface area contributed by atoms with E-state index >= 15 is 0 Å².